The molecule has 3 saturated heterocycles. The SMILES string of the molecule is C=CCO[C@H](c1ccnc2ccccc12)[C@H]1C[C@@H]2CC[N@@+]1(Cc1ccc(S(=O)(=O)Oc3ccccc3)cc1)C[C@@H]2CC. The second-order valence-corrected chi connectivity index (χ2v) is 13.3. The Labute approximate surface area is 249 Å². The first-order valence-electron chi connectivity index (χ1n) is 14.9. The molecule has 42 heavy (non-hydrogen) atoms. The van der Waals surface area contributed by atoms with E-state index in [4.69, 9.17) is 8.92 Å². The molecule has 0 saturated carbocycles. The van der Waals surface area contributed by atoms with E-state index in [0.29, 0.717) is 24.2 Å². The van der Waals surface area contributed by atoms with Crippen LogP contribution in [0.1, 0.15) is 43.4 Å². The van der Waals surface area contributed by atoms with E-state index in [-0.39, 0.29) is 17.0 Å². The van der Waals surface area contributed by atoms with Gasteiger partial charge in [-0.1, -0.05) is 61.5 Å². The van der Waals surface area contributed by atoms with Crippen LogP contribution in [0.25, 0.3) is 10.9 Å². The molecule has 3 fully saturated rings. The van der Waals surface area contributed by atoms with Gasteiger partial charge in [-0.15, -0.1) is 6.58 Å². The number of para-hydroxylation sites is 2. The predicted molar refractivity (Wildman–Crippen MR) is 165 cm³/mol. The van der Waals surface area contributed by atoms with Gasteiger partial charge < -0.3 is 13.4 Å². The monoisotopic (exact) mass is 583 g/mol. The van der Waals surface area contributed by atoms with Crippen LogP contribution in [0.3, 0.4) is 0 Å². The summed E-state index contributed by atoms with van der Waals surface area (Å²) >= 11 is 0. The maximum Gasteiger partial charge on any atom is 0.339 e. The zero-order valence-corrected chi connectivity index (χ0v) is 25.0. The second kappa shape index (κ2) is 12.0. The first kappa shape index (κ1) is 28.6. The Hall–Kier alpha value is -3.52. The van der Waals surface area contributed by atoms with Crippen LogP contribution in [0.2, 0.25) is 0 Å². The van der Waals surface area contributed by atoms with Crippen molar-refractivity contribution < 1.29 is 21.8 Å². The van der Waals surface area contributed by atoms with Gasteiger partial charge in [-0.25, -0.2) is 0 Å². The second-order valence-electron chi connectivity index (χ2n) is 11.8. The normalized spacial score (nSPS) is 24.4. The summed E-state index contributed by atoms with van der Waals surface area (Å²) in [5.41, 5.74) is 3.28. The smallest absolute Gasteiger partial charge is 0.339 e. The number of nitrogens with zero attached hydrogens (tertiary/aromatic N) is 2. The zero-order valence-electron chi connectivity index (χ0n) is 24.1. The van der Waals surface area contributed by atoms with Gasteiger partial charge in [0.15, 0.2) is 0 Å². The molecule has 0 amide bonds. The lowest BCUT2D eigenvalue weighted by Crippen LogP contribution is -2.67. The van der Waals surface area contributed by atoms with Gasteiger partial charge >= 0.3 is 10.1 Å². The molecule has 6 nitrogen and oxygen atoms in total. The molecule has 4 heterocycles. The molecule has 0 N–H and O–H groups in total. The van der Waals surface area contributed by atoms with E-state index in [9.17, 15) is 8.42 Å². The summed E-state index contributed by atoms with van der Waals surface area (Å²) in [4.78, 5) is 4.78. The van der Waals surface area contributed by atoms with E-state index < -0.39 is 10.1 Å². The summed E-state index contributed by atoms with van der Waals surface area (Å²) in [5.74, 6) is 1.66. The maximum absolute atomic E-state index is 13.0. The van der Waals surface area contributed by atoms with E-state index in [0.717, 1.165) is 47.0 Å². The quantitative estimate of drug-likeness (QED) is 0.107. The number of fused-ring (bicyclic) bond motifs is 4. The van der Waals surface area contributed by atoms with Gasteiger partial charge in [-0.2, -0.15) is 8.42 Å². The van der Waals surface area contributed by atoms with Crippen LogP contribution in [0.15, 0.2) is 109 Å². The number of hydrogen-bond acceptors (Lipinski definition) is 5. The number of hydrogen-bond donors (Lipinski definition) is 0. The molecule has 4 aromatic rings. The Morgan fingerprint density at radius 3 is 2.55 bits per heavy atom. The number of ether oxygens (including phenoxy) is 1. The fraction of sp³-hybridized carbons (Fsp3) is 0.343. The molecular weight excluding hydrogens is 544 g/mol. The first-order valence-corrected chi connectivity index (χ1v) is 16.3. The standard InChI is InChI=1S/C35H39N2O4S/c1-3-22-40-35(32-18-20-36-33-13-9-8-12-31(32)33)34-23-28-19-21-37(34,25-27(28)4-2)24-26-14-16-30(17-15-26)42(38,39)41-29-10-6-5-7-11-29/h3,5-18,20,27-28,34-35H,1,4,19,21-25H2,2H3/q+1/t27-,28-,34+,35+,37+/m0/s1. The van der Waals surface area contributed by atoms with Crippen molar-refractivity contribution in [2.45, 2.75) is 49.8 Å². The Bertz CT molecular complexity index is 1640. The van der Waals surface area contributed by atoms with E-state index in [2.05, 4.69) is 42.8 Å². The van der Waals surface area contributed by atoms with Crippen LogP contribution >= 0.6 is 0 Å². The topological polar surface area (TPSA) is 65.5 Å². The van der Waals surface area contributed by atoms with Gasteiger partial charge in [0.2, 0.25) is 0 Å². The third-order valence-corrected chi connectivity index (χ3v) is 10.6. The largest absolute Gasteiger partial charge is 0.379 e. The minimum atomic E-state index is -3.92. The lowest BCUT2D eigenvalue weighted by molar-refractivity contribution is -0.986. The molecule has 7 heteroatoms. The highest BCUT2D eigenvalue weighted by atomic mass is 32.2. The maximum atomic E-state index is 13.0. The van der Waals surface area contributed by atoms with Crippen molar-refractivity contribution in [1.29, 1.82) is 0 Å². The van der Waals surface area contributed by atoms with E-state index >= 15 is 0 Å². The van der Waals surface area contributed by atoms with E-state index in [1.165, 1.54) is 18.4 Å². The molecular formula is C35H39N2O4S+. The molecule has 0 aliphatic carbocycles. The zero-order chi connectivity index (χ0) is 29.2. The highest BCUT2D eigenvalue weighted by molar-refractivity contribution is 7.87. The number of quaternary nitrogens is 1. The Balaban J connectivity index is 1.33. The molecule has 0 unspecified atom stereocenters. The molecule has 3 aliphatic heterocycles. The van der Waals surface area contributed by atoms with Gasteiger partial charge in [-0.3, -0.25) is 4.98 Å². The highest BCUT2D eigenvalue weighted by Crippen LogP contribution is 2.49. The summed E-state index contributed by atoms with van der Waals surface area (Å²) in [7, 11) is -3.92. The molecule has 0 spiro atoms. The van der Waals surface area contributed by atoms with Crippen molar-refractivity contribution in [1.82, 2.24) is 4.98 Å². The van der Waals surface area contributed by atoms with E-state index in [1.807, 2.05) is 36.5 Å². The minimum absolute atomic E-state index is 0.101. The predicted octanol–water partition coefficient (Wildman–Crippen LogP) is 7.08. The fourth-order valence-corrected chi connectivity index (χ4v) is 8.30. The minimum Gasteiger partial charge on any atom is -0.379 e. The summed E-state index contributed by atoms with van der Waals surface area (Å²) < 4.78 is 38.9. The Morgan fingerprint density at radius 1 is 1.02 bits per heavy atom. The number of aromatic nitrogens is 1. The molecule has 3 aromatic carbocycles. The van der Waals surface area contributed by atoms with E-state index in [1.54, 1.807) is 36.4 Å². The van der Waals surface area contributed by atoms with Crippen LogP contribution in [-0.4, -0.2) is 43.6 Å². The van der Waals surface area contributed by atoms with Gasteiger partial charge in [0, 0.05) is 35.9 Å². The van der Waals surface area contributed by atoms with Crippen LogP contribution < -0.4 is 4.18 Å². The summed E-state index contributed by atoms with van der Waals surface area (Å²) in [6.07, 6.45) is 7.11. The molecule has 218 valence electrons. The number of piperidine rings is 3. The molecule has 0 radical (unpaired) electrons. The molecule has 7 rings (SSSR count). The lowest BCUT2D eigenvalue weighted by atomic mass is 9.70. The third kappa shape index (κ3) is 5.61. The van der Waals surface area contributed by atoms with Crippen molar-refractivity contribution in [2.24, 2.45) is 11.8 Å². The van der Waals surface area contributed by atoms with Crippen molar-refractivity contribution in [3.05, 3.63) is 115 Å². The first-order chi connectivity index (χ1) is 20.4. The molecule has 1 aromatic heterocycles. The lowest BCUT2D eigenvalue weighted by Gasteiger charge is -2.59. The number of pyridine rings is 1. The summed E-state index contributed by atoms with van der Waals surface area (Å²) in [6.45, 7) is 9.74. The van der Waals surface area contributed by atoms with Crippen LogP contribution in [0.5, 0.6) is 5.75 Å². The van der Waals surface area contributed by atoms with Crippen LogP contribution in [-0.2, 0) is 21.4 Å². The van der Waals surface area contributed by atoms with Crippen molar-refractivity contribution in [3.8, 4) is 5.75 Å². The molecule has 5 atom stereocenters. The summed E-state index contributed by atoms with van der Waals surface area (Å²) in [5, 5.41) is 1.13. The molecule has 2 bridgehead atoms. The highest BCUT2D eigenvalue weighted by Gasteiger charge is 2.54. The van der Waals surface area contributed by atoms with Gasteiger partial charge in [-0.05, 0) is 54.3 Å². The average molecular weight is 584 g/mol. The summed E-state index contributed by atoms with van der Waals surface area (Å²) in [6, 6.07) is 26.6. The van der Waals surface area contributed by atoms with Gasteiger partial charge in [0.1, 0.15) is 29.3 Å². The van der Waals surface area contributed by atoms with Crippen LogP contribution in [0, 0.1) is 11.8 Å². The van der Waals surface area contributed by atoms with Crippen LogP contribution in [0.4, 0.5) is 0 Å². The molecule has 3 aliphatic rings. The third-order valence-electron chi connectivity index (χ3n) is 9.37. The number of benzene rings is 3. The van der Waals surface area contributed by atoms with Crippen molar-refractivity contribution in [2.75, 3.05) is 19.7 Å². The van der Waals surface area contributed by atoms with Gasteiger partial charge in [0.25, 0.3) is 0 Å². The van der Waals surface area contributed by atoms with Crippen molar-refractivity contribution >= 4 is 21.0 Å². The Morgan fingerprint density at radius 2 is 1.79 bits per heavy atom. The average Bonchev–Trinajstić information content (AvgIpc) is 3.02. The Kier molecular flexibility index (Phi) is 8.17. The van der Waals surface area contributed by atoms with Crippen molar-refractivity contribution in [3.63, 3.8) is 0 Å². The van der Waals surface area contributed by atoms with Gasteiger partial charge in [0.05, 0.1) is 25.2 Å². The fourth-order valence-electron chi connectivity index (χ4n) is 7.37. The number of rotatable bonds is 11.